The first-order chi connectivity index (χ1) is 9.39. The van der Waals surface area contributed by atoms with Crippen LogP contribution in [0.25, 0.3) is 11.0 Å². The molecule has 2 aromatic rings. The lowest BCUT2D eigenvalue weighted by molar-refractivity contribution is 0.00697. The molecule has 1 heterocycles. The highest BCUT2D eigenvalue weighted by atomic mass is 16.6. The zero-order valence-electron chi connectivity index (χ0n) is 12.7. The Balaban J connectivity index is 2.22. The smallest absolute Gasteiger partial charge is 0.338 e. The lowest BCUT2D eigenvalue weighted by Crippen LogP contribution is -2.23. The standard InChI is InChI=1S/C17H22O3/c1-5-6-7-14-11-13-10-12(8-9-15(13)19-14)16(18)20-17(2,3)4/h8-11H,5-7H2,1-4H3. The van der Waals surface area contributed by atoms with Crippen molar-refractivity contribution in [3.05, 3.63) is 35.6 Å². The van der Waals surface area contributed by atoms with Crippen LogP contribution in [0.4, 0.5) is 0 Å². The van der Waals surface area contributed by atoms with Crippen molar-refractivity contribution < 1.29 is 13.9 Å². The van der Waals surface area contributed by atoms with Crippen molar-refractivity contribution in [2.75, 3.05) is 0 Å². The quantitative estimate of drug-likeness (QED) is 0.756. The molecule has 0 atom stereocenters. The predicted octanol–water partition coefficient (Wildman–Crippen LogP) is 4.73. The molecule has 0 saturated heterocycles. The van der Waals surface area contributed by atoms with Gasteiger partial charge in [-0.15, -0.1) is 0 Å². The van der Waals surface area contributed by atoms with E-state index in [2.05, 4.69) is 6.92 Å². The first-order valence-corrected chi connectivity index (χ1v) is 7.15. The average molecular weight is 274 g/mol. The van der Waals surface area contributed by atoms with Crippen LogP contribution in [-0.4, -0.2) is 11.6 Å². The summed E-state index contributed by atoms with van der Waals surface area (Å²) in [7, 11) is 0. The fraction of sp³-hybridized carbons (Fsp3) is 0.471. The minimum absolute atomic E-state index is 0.296. The highest BCUT2D eigenvalue weighted by Gasteiger charge is 2.18. The number of unbranched alkanes of at least 4 members (excludes halogenated alkanes) is 1. The molecule has 0 spiro atoms. The normalized spacial score (nSPS) is 11.8. The molecule has 0 aliphatic carbocycles. The van der Waals surface area contributed by atoms with Crippen LogP contribution in [-0.2, 0) is 11.2 Å². The number of hydrogen-bond donors (Lipinski definition) is 0. The highest BCUT2D eigenvalue weighted by Crippen LogP contribution is 2.23. The Bertz CT molecular complexity index is 602. The molecule has 0 saturated carbocycles. The van der Waals surface area contributed by atoms with Gasteiger partial charge in [-0.25, -0.2) is 4.79 Å². The molecule has 0 aliphatic rings. The van der Waals surface area contributed by atoms with Crippen molar-refractivity contribution in [3.63, 3.8) is 0 Å². The third-order valence-electron chi connectivity index (χ3n) is 2.98. The van der Waals surface area contributed by atoms with Crippen molar-refractivity contribution >= 4 is 16.9 Å². The van der Waals surface area contributed by atoms with Gasteiger partial charge in [0.15, 0.2) is 0 Å². The summed E-state index contributed by atoms with van der Waals surface area (Å²) in [5, 5.41) is 0.958. The van der Waals surface area contributed by atoms with Gasteiger partial charge in [0, 0.05) is 11.8 Å². The van der Waals surface area contributed by atoms with Crippen molar-refractivity contribution in [1.82, 2.24) is 0 Å². The van der Waals surface area contributed by atoms with E-state index in [1.807, 2.05) is 39.0 Å². The van der Waals surface area contributed by atoms with Crippen molar-refractivity contribution in [2.24, 2.45) is 0 Å². The minimum atomic E-state index is -0.477. The maximum atomic E-state index is 12.0. The number of carbonyl (C=O) groups is 1. The van der Waals surface area contributed by atoms with Crippen molar-refractivity contribution in [3.8, 4) is 0 Å². The average Bonchev–Trinajstić information content (AvgIpc) is 2.75. The summed E-state index contributed by atoms with van der Waals surface area (Å²) in [5.74, 6) is 0.680. The Morgan fingerprint density at radius 3 is 2.65 bits per heavy atom. The van der Waals surface area contributed by atoms with E-state index in [9.17, 15) is 4.79 Å². The fourth-order valence-electron chi connectivity index (χ4n) is 2.04. The van der Waals surface area contributed by atoms with E-state index >= 15 is 0 Å². The molecule has 0 fully saturated rings. The largest absolute Gasteiger partial charge is 0.461 e. The zero-order valence-corrected chi connectivity index (χ0v) is 12.7. The number of ether oxygens (including phenoxy) is 1. The number of rotatable bonds is 4. The summed E-state index contributed by atoms with van der Waals surface area (Å²) in [6, 6.07) is 7.44. The second-order valence-corrected chi connectivity index (χ2v) is 6.07. The third-order valence-corrected chi connectivity index (χ3v) is 2.98. The predicted molar refractivity (Wildman–Crippen MR) is 80.0 cm³/mol. The van der Waals surface area contributed by atoms with E-state index in [0.717, 1.165) is 36.0 Å². The fourth-order valence-corrected chi connectivity index (χ4v) is 2.04. The second-order valence-electron chi connectivity index (χ2n) is 6.07. The molecule has 0 bridgehead atoms. The molecule has 3 nitrogen and oxygen atoms in total. The summed E-state index contributed by atoms with van der Waals surface area (Å²) in [6.45, 7) is 7.75. The number of esters is 1. The Morgan fingerprint density at radius 2 is 2.00 bits per heavy atom. The molecule has 0 N–H and O–H groups in total. The Hall–Kier alpha value is -1.77. The van der Waals surface area contributed by atoms with Gasteiger partial charge in [-0.2, -0.15) is 0 Å². The first kappa shape index (κ1) is 14.6. The van der Waals surface area contributed by atoms with Crippen LogP contribution in [0.5, 0.6) is 0 Å². The van der Waals surface area contributed by atoms with Gasteiger partial charge in [0.2, 0.25) is 0 Å². The van der Waals surface area contributed by atoms with Crippen LogP contribution in [0.3, 0.4) is 0 Å². The van der Waals surface area contributed by atoms with Gasteiger partial charge in [0.25, 0.3) is 0 Å². The zero-order chi connectivity index (χ0) is 14.8. The van der Waals surface area contributed by atoms with Gasteiger partial charge in [0.1, 0.15) is 16.9 Å². The van der Waals surface area contributed by atoms with Crippen LogP contribution in [0.1, 0.15) is 56.7 Å². The summed E-state index contributed by atoms with van der Waals surface area (Å²) in [6.07, 6.45) is 3.19. The van der Waals surface area contributed by atoms with Crippen LogP contribution in [0.2, 0.25) is 0 Å². The van der Waals surface area contributed by atoms with E-state index in [1.165, 1.54) is 0 Å². The maximum Gasteiger partial charge on any atom is 0.338 e. The van der Waals surface area contributed by atoms with Crippen LogP contribution >= 0.6 is 0 Å². The van der Waals surface area contributed by atoms with E-state index < -0.39 is 5.60 Å². The first-order valence-electron chi connectivity index (χ1n) is 7.15. The molecule has 1 aromatic heterocycles. The molecular weight excluding hydrogens is 252 g/mol. The van der Waals surface area contributed by atoms with E-state index in [1.54, 1.807) is 6.07 Å². The highest BCUT2D eigenvalue weighted by molar-refractivity contribution is 5.94. The van der Waals surface area contributed by atoms with Gasteiger partial charge in [0.05, 0.1) is 5.56 Å². The SMILES string of the molecule is CCCCc1cc2cc(C(=O)OC(C)(C)C)ccc2o1. The third kappa shape index (κ3) is 3.62. The Labute approximate surface area is 119 Å². The Kier molecular flexibility index (Phi) is 4.17. The number of aryl methyl sites for hydroxylation is 1. The van der Waals surface area contributed by atoms with Gasteiger partial charge in [-0.1, -0.05) is 13.3 Å². The maximum absolute atomic E-state index is 12.0. The molecule has 1 aromatic carbocycles. The number of benzene rings is 1. The lowest BCUT2D eigenvalue weighted by atomic mass is 10.1. The van der Waals surface area contributed by atoms with E-state index in [-0.39, 0.29) is 5.97 Å². The van der Waals surface area contributed by atoms with Gasteiger partial charge >= 0.3 is 5.97 Å². The van der Waals surface area contributed by atoms with E-state index in [4.69, 9.17) is 9.15 Å². The van der Waals surface area contributed by atoms with Crippen molar-refractivity contribution in [2.45, 2.75) is 52.6 Å². The number of fused-ring (bicyclic) bond motifs is 1. The molecule has 108 valence electrons. The summed E-state index contributed by atoms with van der Waals surface area (Å²) >= 11 is 0. The molecule has 0 radical (unpaired) electrons. The summed E-state index contributed by atoms with van der Waals surface area (Å²) < 4.78 is 11.1. The molecular formula is C17H22O3. The number of carbonyl (C=O) groups excluding carboxylic acids is 1. The van der Waals surface area contributed by atoms with Crippen molar-refractivity contribution in [1.29, 1.82) is 0 Å². The minimum Gasteiger partial charge on any atom is -0.461 e. The molecule has 2 rings (SSSR count). The van der Waals surface area contributed by atoms with Gasteiger partial charge in [-0.05, 0) is 51.5 Å². The van der Waals surface area contributed by atoms with E-state index in [0.29, 0.717) is 5.56 Å². The Morgan fingerprint density at radius 1 is 1.25 bits per heavy atom. The molecule has 3 heteroatoms. The number of hydrogen-bond acceptors (Lipinski definition) is 3. The number of furan rings is 1. The van der Waals surface area contributed by atoms with Crippen LogP contribution in [0.15, 0.2) is 28.7 Å². The molecule has 0 unspecified atom stereocenters. The van der Waals surface area contributed by atoms with Gasteiger partial charge in [-0.3, -0.25) is 0 Å². The molecule has 0 amide bonds. The summed E-state index contributed by atoms with van der Waals surface area (Å²) in [4.78, 5) is 12.0. The second kappa shape index (κ2) is 5.70. The lowest BCUT2D eigenvalue weighted by Gasteiger charge is -2.19. The molecule has 20 heavy (non-hydrogen) atoms. The summed E-state index contributed by atoms with van der Waals surface area (Å²) in [5.41, 5.74) is 0.910. The topological polar surface area (TPSA) is 39.4 Å². The molecule has 0 aliphatic heterocycles. The van der Waals surface area contributed by atoms with Gasteiger partial charge < -0.3 is 9.15 Å². The monoisotopic (exact) mass is 274 g/mol. The van der Waals surface area contributed by atoms with Crippen LogP contribution in [0, 0.1) is 0 Å². The van der Waals surface area contributed by atoms with Crippen LogP contribution < -0.4 is 0 Å².